The maximum Gasteiger partial charge on any atom is 0.151 e. The smallest absolute Gasteiger partial charge is 0.151 e. The Kier molecular flexibility index (Phi) is 3.25. The second-order valence-corrected chi connectivity index (χ2v) is 4.49. The normalized spacial score (nSPS) is 10.3. The van der Waals surface area contributed by atoms with Crippen LogP contribution in [0.5, 0.6) is 11.5 Å². The Morgan fingerprint density at radius 1 is 1.00 bits per heavy atom. The highest BCUT2D eigenvalue weighted by Crippen LogP contribution is 2.31. The molecule has 0 unspecified atom stereocenters. The Balaban J connectivity index is 2.34. The average Bonchev–Trinajstić information content (AvgIpc) is 2.27. The number of rotatable bonds is 2. The van der Waals surface area contributed by atoms with Crippen LogP contribution in [0.4, 0.5) is 5.69 Å². The molecule has 2 aromatic rings. The topological polar surface area (TPSA) is 35.2 Å². The van der Waals surface area contributed by atoms with Crippen LogP contribution in [0.15, 0.2) is 36.4 Å². The summed E-state index contributed by atoms with van der Waals surface area (Å²) in [5.74, 6) is 1.38. The van der Waals surface area contributed by atoms with Crippen LogP contribution in [0.25, 0.3) is 0 Å². The summed E-state index contributed by atoms with van der Waals surface area (Å²) in [7, 11) is 0. The highest BCUT2D eigenvalue weighted by molar-refractivity contribution is 6.30. The molecule has 0 fully saturated rings. The summed E-state index contributed by atoms with van der Waals surface area (Å²) in [4.78, 5) is 0. The van der Waals surface area contributed by atoms with Gasteiger partial charge < -0.3 is 10.5 Å². The van der Waals surface area contributed by atoms with Crippen molar-refractivity contribution in [1.29, 1.82) is 0 Å². The van der Waals surface area contributed by atoms with Gasteiger partial charge in [-0.3, -0.25) is 0 Å². The Bertz CT molecular complexity index is 552. The standard InChI is InChI=1S/C14H14ClNO/c1-9-3-6-13(10(2)7-9)17-14-8-11(15)4-5-12(14)16/h3-8H,16H2,1-2H3. The van der Waals surface area contributed by atoms with Crippen LogP contribution in [0.3, 0.4) is 0 Å². The van der Waals surface area contributed by atoms with Gasteiger partial charge in [0.15, 0.2) is 5.75 Å². The van der Waals surface area contributed by atoms with Crippen LogP contribution < -0.4 is 10.5 Å². The molecule has 0 aliphatic heterocycles. The van der Waals surface area contributed by atoms with Crippen molar-refractivity contribution in [2.24, 2.45) is 0 Å². The molecule has 0 radical (unpaired) electrons. The highest BCUT2D eigenvalue weighted by atomic mass is 35.5. The second-order valence-electron chi connectivity index (χ2n) is 4.05. The fourth-order valence-corrected chi connectivity index (χ4v) is 1.79. The van der Waals surface area contributed by atoms with E-state index >= 15 is 0 Å². The third-order valence-corrected chi connectivity index (χ3v) is 2.76. The van der Waals surface area contributed by atoms with E-state index in [9.17, 15) is 0 Å². The molecule has 0 saturated carbocycles. The van der Waals surface area contributed by atoms with Gasteiger partial charge in [-0.1, -0.05) is 29.3 Å². The lowest BCUT2D eigenvalue weighted by molar-refractivity contribution is 0.481. The number of halogens is 1. The number of ether oxygens (including phenoxy) is 1. The van der Waals surface area contributed by atoms with Gasteiger partial charge in [0.2, 0.25) is 0 Å². The predicted octanol–water partition coefficient (Wildman–Crippen LogP) is 4.33. The van der Waals surface area contributed by atoms with Gasteiger partial charge in [-0.05, 0) is 37.6 Å². The van der Waals surface area contributed by atoms with E-state index in [1.807, 2.05) is 26.0 Å². The Labute approximate surface area is 106 Å². The minimum absolute atomic E-state index is 0.578. The lowest BCUT2D eigenvalue weighted by Gasteiger charge is -2.11. The van der Waals surface area contributed by atoms with Crippen LogP contribution in [0, 0.1) is 13.8 Å². The van der Waals surface area contributed by atoms with E-state index in [1.165, 1.54) is 5.56 Å². The van der Waals surface area contributed by atoms with Crippen molar-refractivity contribution >= 4 is 17.3 Å². The van der Waals surface area contributed by atoms with Crippen LogP contribution in [0.2, 0.25) is 5.02 Å². The van der Waals surface area contributed by atoms with Gasteiger partial charge in [0.1, 0.15) is 5.75 Å². The Morgan fingerprint density at radius 3 is 2.47 bits per heavy atom. The minimum atomic E-state index is 0.578. The van der Waals surface area contributed by atoms with Gasteiger partial charge >= 0.3 is 0 Å². The van der Waals surface area contributed by atoms with Crippen molar-refractivity contribution < 1.29 is 4.74 Å². The fourth-order valence-electron chi connectivity index (χ4n) is 1.63. The lowest BCUT2D eigenvalue weighted by atomic mass is 10.1. The molecule has 2 nitrogen and oxygen atoms in total. The summed E-state index contributed by atoms with van der Waals surface area (Å²) in [6.07, 6.45) is 0. The van der Waals surface area contributed by atoms with Gasteiger partial charge in [-0.15, -0.1) is 0 Å². The molecule has 17 heavy (non-hydrogen) atoms. The summed E-state index contributed by atoms with van der Waals surface area (Å²) in [6.45, 7) is 4.05. The maximum atomic E-state index is 5.91. The Morgan fingerprint density at radius 2 is 1.76 bits per heavy atom. The average molecular weight is 248 g/mol. The van der Waals surface area contributed by atoms with Crippen molar-refractivity contribution in [2.75, 3.05) is 5.73 Å². The van der Waals surface area contributed by atoms with Gasteiger partial charge in [0.25, 0.3) is 0 Å². The first-order valence-electron chi connectivity index (χ1n) is 5.36. The van der Waals surface area contributed by atoms with Crippen molar-refractivity contribution in [3.63, 3.8) is 0 Å². The molecule has 0 spiro atoms. The van der Waals surface area contributed by atoms with Crippen molar-refractivity contribution in [3.8, 4) is 11.5 Å². The van der Waals surface area contributed by atoms with Crippen molar-refractivity contribution in [1.82, 2.24) is 0 Å². The molecule has 0 aromatic heterocycles. The number of benzene rings is 2. The van der Waals surface area contributed by atoms with Crippen LogP contribution in [-0.4, -0.2) is 0 Å². The molecule has 0 saturated heterocycles. The van der Waals surface area contributed by atoms with Gasteiger partial charge in [0.05, 0.1) is 5.69 Å². The van der Waals surface area contributed by atoms with E-state index in [4.69, 9.17) is 22.1 Å². The minimum Gasteiger partial charge on any atom is -0.455 e. The molecule has 0 atom stereocenters. The first-order valence-corrected chi connectivity index (χ1v) is 5.74. The van der Waals surface area contributed by atoms with E-state index in [1.54, 1.807) is 18.2 Å². The third kappa shape index (κ3) is 2.71. The zero-order chi connectivity index (χ0) is 12.4. The molecule has 0 bridgehead atoms. The SMILES string of the molecule is Cc1ccc(Oc2cc(Cl)ccc2N)c(C)c1. The van der Waals surface area contributed by atoms with Crippen LogP contribution in [0.1, 0.15) is 11.1 Å². The molecule has 2 rings (SSSR count). The second kappa shape index (κ2) is 4.68. The molecule has 2 aromatic carbocycles. The summed E-state index contributed by atoms with van der Waals surface area (Å²) in [5.41, 5.74) is 8.69. The largest absolute Gasteiger partial charge is 0.455 e. The molecule has 3 heteroatoms. The maximum absolute atomic E-state index is 5.91. The first kappa shape index (κ1) is 11.8. The molecule has 0 aliphatic rings. The lowest BCUT2D eigenvalue weighted by Crippen LogP contribution is -1.93. The Hall–Kier alpha value is -1.67. The zero-order valence-corrected chi connectivity index (χ0v) is 10.6. The van der Waals surface area contributed by atoms with Crippen LogP contribution >= 0.6 is 11.6 Å². The quantitative estimate of drug-likeness (QED) is 0.802. The third-order valence-electron chi connectivity index (χ3n) is 2.53. The van der Waals surface area contributed by atoms with E-state index in [0.29, 0.717) is 16.5 Å². The van der Waals surface area contributed by atoms with Gasteiger partial charge in [-0.25, -0.2) is 0 Å². The van der Waals surface area contributed by atoms with E-state index in [2.05, 4.69) is 6.07 Å². The molecule has 0 amide bonds. The first-order chi connectivity index (χ1) is 8.06. The molecule has 88 valence electrons. The van der Waals surface area contributed by atoms with Crippen molar-refractivity contribution in [3.05, 3.63) is 52.5 Å². The predicted molar refractivity (Wildman–Crippen MR) is 71.9 cm³/mol. The zero-order valence-electron chi connectivity index (χ0n) is 9.83. The van der Waals surface area contributed by atoms with Crippen LogP contribution in [-0.2, 0) is 0 Å². The summed E-state index contributed by atoms with van der Waals surface area (Å²) in [6, 6.07) is 11.2. The van der Waals surface area contributed by atoms with Crippen molar-refractivity contribution in [2.45, 2.75) is 13.8 Å². The fraction of sp³-hybridized carbons (Fsp3) is 0.143. The highest BCUT2D eigenvalue weighted by Gasteiger charge is 2.05. The van der Waals surface area contributed by atoms with Gasteiger partial charge in [-0.2, -0.15) is 0 Å². The summed E-state index contributed by atoms with van der Waals surface area (Å²) < 4.78 is 5.77. The molecular weight excluding hydrogens is 234 g/mol. The monoisotopic (exact) mass is 247 g/mol. The number of anilines is 1. The van der Waals surface area contributed by atoms with Gasteiger partial charge in [0, 0.05) is 11.1 Å². The van der Waals surface area contributed by atoms with E-state index in [-0.39, 0.29) is 0 Å². The van der Waals surface area contributed by atoms with E-state index < -0.39 is 0 Å². The molecule has 0 aliphatic carbocycles. The summed E-state index contributed by atoms with van der Waals surface area (Å²) in [5, 5.41) is 0.610. The molecule has 2 N–H and O–H groups in total. The number of hydrogen-bond acceptors (Lipinski definition) is 2. The molecular formula is C14H14ClNO. The number of aryl methyl sites for hydroxylation is 2. The molecule has 0 heterocycles. The number of nitrogens with two attached hydrogens (primary N) is 1. The summed E-state index contributed by atoms with van der Waals surface area (Å²) >= 11 is 5.91. The number of hydrogen-bond donors (Lipinski definition) is 1. The number of nitrogen functional groups attached to an aromatic ring is 1. The van der Waals surface area contributed by atoms with E-state index in [0.717, 1.165) is 11.3 Å².